The monoisotopic (exact) mass is 1730 g/mol. The quantitative estimate of drug-likeness (QED) is 0.0146. The van der Waals surface area contributed by atoms with E-state index in [0.717, 1.165) is 48.1 Å². The van der Waals surface area contributed by atoms with Crippen LogP contribution in [0.3, 0.4) is 0 Å². The number of H-pyrrole nitrogens is 4. The smallest absolute Gasteiger partial charge is 0.455 e. The van der Waals surface area contributed by atoms with Crippen molar-refractivity contribution in [3.8, 4) is 6.01 Å². The van der Waals surface area contributed by atoms with E-state index in [-0.39, 0.29) is 125 Å². The number of methoxy groups -OCH3 is 3. The number of nitrogens with one attached hydrogen (secondary N) is 4. The van der Waals surface area contributed by atoms with Crippen molar-refractivity contribution in [2.75, 3.05) is 93.9 Å². The average Bonchev–Trinajstić information content (AvgIpc) is 1.61. The predicted molar refractivity (Wildman–Crippen MR) is 424 cm³/mol. The molecule has 45 heteroatoms. The summed E-state index contributed by atoms with van der Waals surface area (Å²) in [7, 11) is 4.48. The molecular formula is C66H104BN11NiO26PS5. The van der Waals surface area contributed by atoms with Crippen molar-refractivity contribution >= 4 is 76.3 Å². The van der Waals surface area contributed by atoms with Crippen molar-refractivity contribution in [2.45, 2.75) is 175 Å². The van der Waals surface area contributed by atoms with E-state index < -0.39 is 121 Å². The number of hydrogen-bond donors (Lipinski definition) is 12. The topological polar surface area (TPSA) is 504 Å². The van der Waals surface area contributed by atoms with Crippen LogP contribution in [0.5, 0.6) is 6.01 Å². The summed E-state index contributed by atoms with van der Waals surface area (Å²) in [6.45, 7) is 23.9. The van der Waals surface area contributed by atoms with E-state index in [1.54, 1.807) is 36.7 Å². The summed E-state index contributed by atoms with van der Waals surface area (Å²) in [6, 6.07) is 6.60. The molecule has 5 fully saturated rings. The van der Waals surface area contributed by atoms with Crippen LogP contribution in [0.15, 0.2) is 104 Å². The van der Waals surface area contributed by atoms with Gasteiger partial charge in [-0.25, -0.2) is 25.8 Å². The van der Waals surface area contributed by atoms with Gasteiger partial charge in [-0.2, -0.15) is 17.8 Å². The maximum atomic E-state index is 12.3. The van der Waals surface area contributed by atoms with Crippen LogP contribution >= 0.6 is 67.8 Å². The molecule has 11 rings (SSSR count). The van der Waals surface area contributed by atoms with Crippen LogP contribution in [-0.4, -0.2) is 278 Å². The fraction of sp³-hybridized carbons (Fsp3) is 0.652. The molecule has 11 heterocycles. The zero-order chi connectivity index (χ0) is 79.7. The summed E-state index contributed by atoms with van der Waals surface area (Å²) in [5.41, 5.74) is -4.46. The van der Waals surface area contributed by atoms with Gasteiger partial charge < -0.3 is 102 Å². The minimum atomic E-state index is -1.17. The van der Waals surface area contributed by atoms with Crippen LogP contribution < -0.4 is 55.3 Å². The first-order chi connectivity index (χ1) is 51.8. The molecule has 5 aromatic rings. The number of aromatic nitrogens is 10. The first-order valence-electron chi connectivity index (χ1n) is 34.1. The predicted octanol–water partition coefficient (Wildman–Crippen LogP) is -0.294. The Kier molecular flexibility index (Phi) is 49.0. The van der Waals surface area contributed by atoms with E-state index in [1.165, 1.54) is 105 Å². The number of rotatable bonds is 26. The van der Waals surface area contributed by atoms with Crippen molar-refractivity contribution in [3.05, 3.63) is 180 Å². The van der Waals surface area contributed by atoms with Gasteiger partial charge in [-0.3, -0.25) is 66.7 Å². The SMILES string of the molecule is C.CC[C@H]1S[C@@H](n2ccc(=O)[nH]c2=O)C(OCCOC)[C@H]1O.COCCOC1[C@@H](O)[C@@H](CO)S[C@H]1n1ccc(=O)[nH]c1=O.O=c1ccn([C@@H]2S[C@H](CO)[C@H](O)C2O)c(=O)[nH]1.O=c1ccn2c(n1)OC1[C@@H](O)[C@@H](CO)S[C@H]12.[2HH].[B].[C-]#[N+]CCOPO[C@@H]1C(OCCOC)[C@H](n2ccc(=O)[nH]c2=O)S[C@@H]1CC.[CH2-]CC.[CH2-]CC.[Ni+2]. The Morgan fingerprint density at radius 1 is 0.495 bits per heavy atom. The van der Waals surface area contributed by atoms with Crippen molar-refractivity contribution in [1.82, 2.24) is 47.8 Å². The standard InChI is InChI=1S/C16H24N3O6PS.C13H20N2O5S.C12H18N2O6S.C9H12N2O5S.C9H10N2O4S.2C3H7.CH4.B.Ni.H2/c1-4-11-13(25-26-24-8-6-17-2)14(23-10-9-22-3)15(27-11)19-7-5-12(20)18-16(19)21;1-3-8-10(17)11(20-7-6-19-2)12(21-8)15-5-4-9(16)14-13(15)18;1-19-4-5-20-10-9(17)7(6-15)21-11(10)14-3-2-8(16)13-12(14)18;12-3-4-6(14)7(15)8(17-4)11-2-1-5(13)10-9(11)16;12-3-4-6(14)7-8(16-4)11-2-1-5(13)10-9(11)15-7;2*1-3-2;;;;/h5,7,11,13-15,26H,4,6,8-10H2,1,3H3,(H,18,20,21);4-5,8,10-12,17H,3,6-7H2,1-2H3,(H,14,16,18);2-3,7,9-11,15,17H,4-6H2,1H3,(H,13,16,18);1-2,4,6-8,12,14-15H,3H2,(H,10,13,16);1-2,4,6-8,12,14H,3H2;2*1,3H2,2H3;1H4;;;1H/q;;;;;2*-1;;;+2;/t11-,13+,14?,15-;8-,10+,11?,12-;7-,9+,10?,11-;2*4-,6+,7?,8-;;;;;;/m11111....../s1/i;;;;;;;;;;1+1. The molecule has 6 unspecified atom stereocenters. The van der Waals surface area contributed by atoms with Crippen LogP contribution in [0.4, 0.5) is 0 Å². The van der Waals surface area contributed by atoms with Gasteiger partial charge in [0.15, 0.2) is 15.1 Å². The van der Waals surface area contributed by atoms with Gasteiger partial charge in [0.05, 0.1) is 93.5 Å². The maximum Gasteiger partial charge on any atom is 2.00 e. The maximum absolute atomic E-state index is 12.3. The molecule has 0 saturated carbocycles. The summed E-state index contributed by atoms with van der Waals surface area (Å²) in [5, 5.41) is 73.9. The van der Waals surface area contributed by atoms with Crippen LogP contribution in [-0.2, 0) is 54.0 Å². The third kappa shape index (κ3) is 29.0. The molecule has 5 saturated heterocycles. The fourth-order valence-electron chi connectivity index (χ4n) is 11.0. The van der Waals surface area contributed by atoms with E-state index in [4.69, 9.17) is 59.0 Å². The fourth-order valence-corrected chi connectivity index (χ4v) is 19.1. The van der Waals surface area contributed by atoms with Crippen molar-refractivity contribution < 1.29 is 101 Å². The minimum Gasteiger partial charge on any atom is -0.455 e. The normalized spacial score (nSPS) is 27.6. The van der Waals surface area contributed by atoms with Gasteiger partial charge in [0.2, 0.25) is 6.54 Å². The van der Waals surface area contributed by atoms with Crippen LogP contribution in [0.1, 0.15) is 89.1 Å². The molecular weight excluding hydrogens is 1620 g/mol. The number of aliphatic hydroxyl groups excluding tert-OH is 8. The molecule has 0 aliphatic carbocycles. The Bertz CT molecular complexity index is 4010. The molecule has 627 valence electrons. The minimum absolute atomic E-state index is 0. The summed E-state index contributed by atoms with van der Waals surface area (Å²) < 4.78 is 55.9. The second kappa shape index (κ2) is 53.3. The Morgan fingerprint density at radius 3 is 1.24 bits per heavy atom. The number of ether oxygens (including phenoxy) is 7. The van der Waals surface area contributed by atoms with Crippen LogP contribution in [0.2, 0.25) is 0 Å². The number of thioether (sulfide) groups is 5. The first kappa shape index (κ1) is 102. The summed E-state index contributed by atoms with van der Waals surface area (Å²) in [5.74, 6) is 0. The van der Waals surface area contributed by atoms with Crippen molar-refractivity contribution in [2.24, 2.45) is 0 Å². The van der Waals surface area contributed by atoms with Gasteiger partial charge >= 0.3 is 45.3 Å². The third-order valence-corrected chi connectivity index (χ3v) is 24.9. The first-order valence-corrected chi connectivity index (χ1v) is 39.7. The summed E-state index contributed by atoms with van der Waals surface area (Å²) in [6.07, 6.45) is 3.83. The van der Waals surface area contributed by atoms with E-state index in [2.05, 4.69) is 43.6 Å². The molecule has 37 nitrogen and oxygen atoms in total. The molecule has 0 aromatic carbocycles. The Balaban J connectivity index is 0.000000687. The van der Waals surface area contributed by atoms with E-state index >= 15 is 0 Å². The molecule has 0 bridgehead atoms. The van der Waals surface area contributed by atoms with Gasteiger partial charge in [0.25, 0.3) is 27.8 Å². The third-order valence-electron chi connectivity index (χ3n) is 16.1. The van der Waals surface area contributed by atoms with Crippen LogP contribution in [0, 0.1) is 20.4 Å². The summed E-state index contributed by atoms with van der Waals surface area (Å²) in [4.78, 5) is 119. The molecule has 5 aromatic heterocycles. The number of hydrogen-bond acceptors (Lipinski definition) is 32. The second-order valence-corrected chi connectivity index (χ2v) is 31.1. The van der Waals surface area contributed by atoms with Crippen LogP contribution in [0.25, 0.3) is 4.85 Å². The Labute approximate surface area is 676 Å². The molecule has 111 heavy (non-hydrogen) atoms. The van der Waals surface area contributed by atoms with Gasteiger partial charge in [-0.15, -0.1) is 58.8 Å². The Morgan fingerprint density at radius 2 is 0.847 bits per heavy atom. The van der Waals surface area contributed by atoms with Gasteiger partial charge in [0, 0.05) is 103 Å². The number of fused-ring (bicyclic) bond motifs is 3. The van der Waals surface area contributed by atoms with Crippen molar-refractivity contribution in [1.29, 1.82) is 0 Å². The zero-order valence-corrected chi connectivity index (χ0v) is 67.4. The van der Waals surface area contributed by atoms with Crippen molar-refractivity contribution in [3.63, 3.8) is 0 Å². The molecule has 0 amide bonds. The van der Waals surface area contributed by atoms with Gasteiger partial charge in [-0.1, -0.05) is 35.1 Å². The zero-order valence-electron chi connectivity index (χ0n) is 61.3. The number of aromatic amines is 4. The summed E-state index contributed by atoms with van der Waals surface area (Å²) >= 11 is 6.82. The number of aliphatic hydroxyl groups is 8. The average molecular weight is 1730 g/mol. The van der Waals surface area contributed by atoms with E-state index in [0.29, 0.717) is 39.6 Å². The van der Waals surface area contributed by atoms with Gasteiger partial charge in [-0.05, 0) is 12.8 Å². The van der Waals surface area contributed by atoms with E-state index in [1.807, 2.05) is 27.7 Å². The second-order valence-electron chi connectivity index (χ2n) is 23.6. The molecule has 0 spiro atoms. The largest absolute Gasteiger partial charge is 2.00 e. The molecule has 6 aliphatic heterocycles. The van der Waals surface area contributed by atoms with E-state index in [9.17, 15) is 73.8 Å². The Hall–Kier alpha value is -5.01. The molecule has 21 atom stereocenters. The molecule has 6 aliphatic rings. The number of nitrogens with zero attached hydrogens (tertiary/aromatic N) is 7. The molecule has 3 radical (unpaired) electrons. The molecule has 12 N–H and O–H groups in total. The van der Waals surface area contributed by atoms with Gasteiger partial charge in [0.1, 0.15) is 70.1 Å².